The first-order valence-corrected chi connectivity index (χ1v) is 3.22. The van der Waals surface area contributed by atoms with Gasteiger partial charge in [0.2, 0.25) is 0 Å². The van der Waals surface area contributed by atoms with Crippen LogP contribution < -0.4 is 5.73 Å². The third-order valence-electron chi connectivity index (χ3n) is 1.52. The molecule has 0 spiro atoms. The van der Waals surface area contributed by atoms with E-state index in [1.807, 2.05) is 6.21 Å². The summed E-state index contributed by atoms with van der Waals surface area (Å²) in [5, 5.41) is 0. The van der Waals surface area contributed by atoms with Crippen molar-refractivity contribution in [2.24, 2.45) is 16.6 Å². The molecule has 2 nitrogen and oxygen atoms in total. The molecular formula is C7H12N2. The summed E-state index contributed by atoms with van der Waals surface area (Å²) in [6, 6.07) is 0. The summed E-state index contributed by atoms with van der Waals surface area (Å²) in [7, 11) is 1.77. The second-order valence-electron chi connectivity index (χ2n) is 2.33. The maximum absolute atomic E-state index is 5.35. The lowest BCUT2D eigenvalue weighted by Crippen LogP contribution is -1.92. The van der Waals surface area contributed by atoms with Gasteiger partial charge in [-0.15, -0.1) is 0 Å². The van der Waals surface area contributed by atoms with Gasteiger partial charge in [-0.3, -0.25) is 4.99 Å². The molecule has 1 aliphatic rings. The summed E-state index contributed by atoms with van der Waals surface area (Å²) in [4.78, 5) is 3.89. The average Bonchev–Trinajstić information content (AvgIpc) is 2.64. The summed E-state index contributed by atoms with van der Waals surface area (Å²) >= 11 is 0. The molecular weight excluding hydrogens is 112 g/mol. The van der Waals surface area contributed by atoms with Gasteiger partial charge in [0.15, 0.2) is 0 Å². The number of hydrogen-bond acceptors (Lipinski definition) is 2. The van der Waals surface area contributed by atoms with Gasteiger partial charge in [-0.25, -0.2) is 0 Å². The van der Waals surface area contributed by atoms with Crippen molar-refractivity contribution < 1.29 is 0 Å². The molecule has 0 saturated heterocycles. The second kappa shape index (κ2) is 2.67. The van der Waals surface area contributed by atoms with Crippen LogP contribution >= 0.6 is 0 Å². The van der Waals surface area contributed by atoms with E-state index in [2.05, 4.69) is 4.99 Å². The molecule has 0 radical (unpaired) electrons. The van der Waals surface area contributed by atoms with E-state index in [0.717, 1.165) is 5.92 Å². The molecule has 0 aromatic rings. The number of hydrogen-bond donors (Lipinski definition) is 1. The molecule has 0 heterocycles. The maximum atomic E-state index is 5.35. The molecule has 0 aliphatic heterocycles. The van der Waals surface area contributed by atoms with Crippen molar-refractivity contribution in [1.82, 2.24) is 0 Å². The number of nitrogens with two attached hydrogens (primary N) is 1. The highest BCUT2D eigenvalue weighted by Gasteiger charge is 2.24. The molecule has 1 aliphatic carbocycles. The van der Waals surface area contributed by atoms with Crippen LogP contribution in [0.25, 0.3) is 0 Å². The zero-order valence-corrected chi connectivity index (χ0v) is 5.67. The average molecular weight is 124 g/mol. The Morgan fingerprint density at radius 3 is 2.67 bits per heavy atom. The Balaban J connectivity index is 2.48. The van der Waals surface area contributed by atoms with Gasteiger partial charge in [0.25, 0.3) is 0 Å². The molecule has 0 amide bonds. The van der Waals surface area contributed by atoms with Gasteiger partial charge in [-0.2, -0.15) is 0 Å². The van der Waals surface area contributed by atoms with Crippen molar-refractivity contribution in [2.75, 3.05) is 7.05 Å². The fraction of sp³-hybridized carbons (Fsp3) is 0.571. The molecule has 0 aromatic heterocycles. The van der Waals surface area contributed by atoms with Crippen molar-refractivity contribution in [3.63, 3.8) is 0 Å². The zero-order valence-electron chi connectivity index (χ0n) is 5.67. The summed E-state index contributed by atoms with van der Waals surface area (Å²) < 4.78 is 0. The predicted octanol–water partition coefficient (Wildman–Crippen LogP) is 0.940. The summed E-state index contributed by atoms with van der Waals surface area (Å²) in [5.41, 5.74) is 6.54. The van der Waals surface area contributed by atoms with Crippen molar-refractivity contribution in [3.8, 4) is 0 Å². The molecule has 1 fully saturated rings. The van der Waals surface area contributed by atoms with Gasteiger partial charge in [-0.05, 0) is 30.5 Å². The molecule has 2 heteroatoms. The van der Waals surface area contributed by atoms with Gasteiger partial charge in [0, 0.05) is 13.3 Å². The Kier molecular flexibility index (Phi) is 1.88. The van der Waals surface area contributed by atoms with Crippen molar-refractivity contribution in [3.05, 3.63) is 11.8 Å². The van der Waals surface area contributed by atoms with Crippen LogP contribution in [0.5, 0.6) is 0 Å². The smallest absolute Gasteiger partial charge is 0.0277 e. The van der Waals surface area contributed by atoms with Crippen LogP contribution in [0.1, 0.15) is 12.8 Å². The lowest BCUT2D eigenvalue weighted by atomic mass is 10.2. The number of allylic oxidation sites excluding steroid dienone is 1. The van der Waals surface area contributed by atoms with Crippen molar-refractivity contribution >= 4 is 6.21 Å². The zero-order chi connectivity index (χ0) is 6.69. The van der Waals surface area contributed by atoms with E-state index in [9.17, 15) is 0 Å². The summed E-state index contributed by atoms with van der Waals surface area (Å²) in [6.07, 6.45) is 6.08. The molecule has 0 atom stereocenters. The monoisotopic (exact) mass is 124 g/mol. The van der Waals surface area contributed by atoms with E-state index >= 15 is 0 Å². The van der Waals surface area contributed by atoms with E-state index < -0.39 is 0 Å². The maximum Gasteiger partial charge on any atom is 0.0277 e. The Morgan fingerprint density at radius 1 is 1.67 bits per heavy atom. The van der Waals surface area contributed by atoms with Crippen molar-refractivity contribution in [1.29, 1.82) is 0 Å². The molecule has 9 heavy (non-hydrogen) atoms. The highest BCUT2D eigenvalue weighted by Crippen LogP contribution is 2.34. The Hall–Kier alpha value is -0.790. The number of aliphatic imine (C=N–C) groups is 1. The van der Waals surface area contributed by atoms with Gasteiger partial charge < -0.3 is 5.73 Å². The SMILES string of the molecule is CN=C/C(=C\N)C1CC1. The van der Waals surface area contributed by atoms with Crippen LogP contribution in [0, 0.1) is 5.92 Å². The lowest BCUT2D eigenvalue weighted by molar-refractivity contribution is 1.07. The van der Waals surface area contributed by atoms with E-state index in [1.54, 1.807) is 13.2 Å². The molecule has 1 rings (SSSR count). The molecule has 1 saturated carbocycles. The standard InChI is InChI=1S/C7H12N2/c1-9-5-7(4-8)6-2-3-6/h4-6H,2-3,8H2,1H3/b7-4+,9-5?. The van der Waals surface area contributed by atoms with Gasteiger partial charge in [-0.1, -0.05) is 0 Å². The highest BCUT2D eigenvalue weighted by atomic mass is 14.6. The van der Waals surface area contributed by atoms with Gasteiger partial charge >= 0.3 is 0 Å². The third kappa shape index (κ3) is 1.56. The molecule has 0 bridgehead atoms. The van der Waals surface area contributed by atoms with Crippen LogP contribution in [0.15, 0.2) is 16.8 Å². The Bertz CT molecular complexity index is 143. The van der Waals surface area contributed by atoms with Gasteiger partial charge in [0.1, 0.15) is 0 Å². The van der Waals surface area contributed by atoms with Crippen LogP contribution in [-0.4, -0.2) is 13.3 Å². The minimum absolute atomic E-state index is 0.721. The first-order chi connectivity index (χ1) is 4.38. The summed E-state index contributed by atoms with van der Waals surface area (Å²) in [6.45, 7) is 0. The Labute approximate surface area is 55.5 Å². The summed E-state index contributed by atoms with van der Waals surface area (Å²) in [5.74, 6) is 0.721. The first-order valence-electron chi connectivity index (χ1n) is 3.22. The largest absolute Gasteiger partial charge is 0.404 e. The quantitative estimate of drug-likeness (QED) is 0.546. The van der Waals surface area contributed by atoms with Crippen LogP contribution in [0.3, 0.4) is 0 Å². The topological polar surface area (TPSA) is 38.4 Å². The van der Waals surface area contributed by atoms with Crippen LogP contribution in [0.2, 0.25) is 0 Å². The number of nitrogens with zero attached hydrogens (tertiary/aromatic N) is 1. The van der Waals surface area contributed by atoms with E-state index in [0.29, 0.717) is 0 Å². The predicted molar refractivity (Wildman–Crippen MR) is 39.4 cm³/mol. The minimum Gasteiger partial charge on any atom is -0.404 e. The Morgan fingerprint density at radius 2 is 2.33 bits per heavy atom. The molecule has 2 N–H and O–H groups in total. The van der Waals surface area contributed by atoms with Crippen LogP contribution in [-0.2, 0) is 0 Å². The van der Waals surface area contributed by atoms with Crippen molar-refractivity contribution in [2.45, 2.75) is 12.8 Å². The third-order valence-corrected chi connectivity index (χ3v) is 1.52. The van der Waals surface area contributed by atoms with Gasteiger partial charge in [0.05, 0.1) is 0 Å². The van der Waals surface area contributed by atoms with E-state index in [4.69, 9.17) is 5.73 Å². The van der Waals surface area contributed by atoms with E-state index in [-0.39, 0.29) is 0 Å². The molecule has 0 aromatic carbocycles. The normalized spacial score (nSPS) is 21.2. The number of rotatable bonds is 2. The fourth-order valence-electron chi connectivity index (χ4n) is 0.850. The lowest BCUT2D eigenvalue weighted by Gasteiger charge is -1.91. The van der Waals surface area contributed by atoms with Crippen LogP contribution in [0.4, 0.5) is 0 Å². The second-order valence-corrected chi connectivity index (χ2v) is 2.33. The molecule has 50 valence electrons. The van der Waals surface area contributed by atoms with E-state index in [1.165, 1.54) is 18.4 Å². The molecule has 0 unspecified atom stereocenters. The minimum atomic E-state index is 0.721. The first kappa shape index (κ1) is 6.33. The highest BCUT2D eigenvalue weighted by molar-refractivity contribution is 5.79. The fourth-order valence-corrected chi connectivity index (χ4v) is 0.850.